The van der Waals surface area contributed by atoms with Crippen molar-refractivity contribution in [1.29, 1.82) is 0 Å². The van der Waals surface area contributed by atoms with Crippen LogP contribution in [-0.2, 0) is 15.9 Å². The highest BCUT2D eigenvalue weighted by molar-refractivity contribution is 7.90. The van der Waals surface area contributed by atoms with E-state index in [1.54, 1.807) is 6.92 Å². The number of esters is 1. The molecule has 1 heterocycles. The number of ether oxygens (including phenoxy) is 2. The largest absolute Gasteiger partial charge is 0.612 e. The molecule has 7 nitrogen and oxygen atoms in total. The second kappa shape index (κ2) is 7.69. The van der Waals surface area contributed by atoms with Crippen LogP contribution in [0.15, 0.2) is 21.6 Å². The molecule has 0 N–H and O–H groups in total. The van der Waals surface area contributed by atoms with Gasteiger partial charge in [-0.3, -0.25) is 4.79 Å². The Morgan fingerprint density at radius 3 is 2.67 bits per heavy atom. The van der Waals surface area contributed by atoms with Crippen molar-refractivity contribution in [3.63, 3.8) is 0 Å². The topological polar surface area (TPSA) is 102 Å². The van der Waals surface area contributed by atoms with E-state index < -0.39 is 28.7 Å². The number of nitrogens with zero attached hydrogens (tertiary/aromatic N) is 1. The molecule has 0 spiro atoms. The number of rotatable bonds is 7. The first-order chi connectivity index (χ1) is 12.9. The number of ketones is 1. The Balaban J connectivity index is 2.17. The predicted octanol–water partition coefficient (Wildman–Crippen LogP) is 2.84. The van der Waals surface area contributed by atoms with Crippen LogP contribution in [0.1, 0.15) is 57.9 Å². The summed E-state index contributed by atoms with van der Waals surface area (Å²) in [5, 5.41) is 3.73. The van der Waals surface area contributed by atoms with Gasteiger partial charge in [-0.05, 0) is 43.1 Å². The van der Waals surface area contributed by atoms with Crippen molar-refractivity contribution in [2.45, 2.75) is 30.6 Å². The van der Waals surface area contributed by atoms with E-state index >= 15 is 0 Å². The van der Waals surface area contributed by atoms with Crippen molar-refractivity contribution in [1.82, 2.24) is 5.16 Å². The molecular formula is C18H18FNO6S. The molecule has 2 aromatic rings. The smallest absolute Gasteiger partial charge is 0.361 e. The van der Waals surface area contributed by atoms with E-state index in [9.17, 15) is 18.5 Å². The number of carbonyl (C=O) groups excluding carboxylic acids is 2. The molecule has 0 amide bonds. The summed E-state index contributed by atoms with van der Waals surface area (Å²) in [5.74, 6) is -2.16. The second-order valence-electron chi connectivity index (χ2n) is 6.01. The maximum atomic E-state index is 14.0. The van der Waals surface area contributed by atoms with Crippen LogP contribution < -0.4 is 4.74 Å². The third-order valence-electron chi connectivity index (χ3n) is 4.16. The van der Waals surface area contributed by atoms with Crippen LogP contribution in [0.25, 0.3) is 0 Å². The van der Waals surface area contributed by atoms with Gasteiger partial charge in [0, 0.05) is 5.92 Å². The summed E-state index contributed by atoms with van der Waals surface area (Å²) < 4.78 is 41.5. The lowest BCUT2D eigenvalue weighted by atomic mass is 9.99. The Kier molecular flexibility index (Phi) is 5.52. The van der Waals surface area contributed by atoms with Crippen LogP contribution in [0.3, 0.4) is 0 Å². The van der Waals surface area contributed by atoms with Gasteiger partial charge in [-0.2, -0.15) is 0 Å². The lowest BCUT2D eigenvalue weighted by Gasteiger charge is -2.14. The average molecular weight is 395 g/mol. The standard InChI is InChI=1S/C18H18FNO6S/c1-4-25-18(22)13-12(15(26-20-13)9-5-6-9)14(21)10-7-8-11(19)16(24-2)17(10)27(3)23/h7-9H,4-6H2,1-3H3. The Bertz CT molecular complexity index is 890. The van der Waals surface area contributed by atoms with Crippen LogP contribution in [-0.4, -0.2) is 41.4 Å². The van der Waals surface area contributed by atoms with E-state index in [-0.39, 0.29) is 40.0 Å². The van der Waals surface area contributed by atoms with Crippen LogP contribution in [0.5, 0.6) is 5.75 Å². The lowest BCUT2D eigenvalue weighted by Crippen LogP contribution is -2.16. The normalized spacial score (nSPS) is 14.7. The Morgan fingerprint density at radius 1 is 1.41 bits per heavy atom. The van der Waals surface area contributed by atoms with Gasteiger partial charge in [0.2, 0.25) is 22.1 Å². The quantitative estimate of drug-likeness (QED) is 0.403. The predicted molar refractivity (Wildman–Crippen MR) is 93.2 cm³/mol. The van der Waals surface area contributed by atoms with E-state index in [1.165, 1.54) is 19.4 Å². The van der Waals surface area contributed by atoms with Gasteiger partial charge in [0.05, 0.1) is 19.3 Å². The molecule has 1 aliphatic carbocycles. The Labute approximate surface area is 158 Å². The second-order valence-corrected chi connectivity index (χ2v) is 7.32. The monoisotopic (exact) mass is 395 g/mol. The zero-order valence-corrected chi connectivity index (χ0v) is 15.9. The number of halogens is 1. The zero-order chi connectivity index (χ0) is 19.7. The maximum Gasteiger partial charge on any atom is 0.361 e. The average Bonchev–Trinajstić information content (AvgIpc) is 3.38. The van der Waals surface area contributed by atoms with Gasteiger partial charge in [0.1, 0.15) is 11.8 Å². The summed E-state index contributed by atoms with van der Waals surface area (Å²) in [4.78, 5) is 25.4. The Morgan fingerprint density at radius 2 is 2.11 bits per heavy atom. The summed E-state index contributed by atoms with van der Waals surface area (Å²) in [6.07, 6.45) is 2.92. The molecule has 1 saturated carbocycles. The summed E-state index contributed by atoms with van der Waals surface area (Å²) in [5.41, 5.74) is -0.305. The van der Waals surface area contributed by atoms with Crippen molar-refractivity contribution in [3.05, 3.63) is 40.5 Å². The van der Waals surface area contributed by atoms with Crippen molar-refractivity contribution in [3.8, 4) is 5.75 Å². The van der Waals surface area contributed by atoms with Gasteiger partial charge < -0.3 is 18.5 Å². The van der Waals surface area contributed by atoms with Gasteiger partial charge >= 0.3 is 5.97 Å². The molecule has 1 aromatic heterocycles. The zero-order valence-electron chi connectivity index (χ0n) is 15.0. The van der Waals surface area contributed by atoms with Gasteiger partial charge in [0.25, 0.3) is 0 Å². The van der Waals surface area contributed by atoms with Gasteiger partial charge in [0.15, 0.2) is 11.6 Å². The molecule has 27 heavy (non-hydrogen) atoms. The highest BCUT2D eigenvalue weighted by atomic mass is 32.2. The van der Waals surface area contributed by atoms with Crippen molar-refractivity contribution in [2.24, 2.45) is 0 Å². The third-order valence-corrected chi connectivity index (χ3v) is 5.14. The molecule has 1 aromatic carbocycles. The fraction of sp³-hybridized carbons (Fsp3) is 0.389. The lowest BCUT2D eigenvalue weighted by molar-refractivity contribution is 0.0512. The number of benzene rings is 1. The van der Waals surface area contributed by atoms with Crippen LogP contribution >= 0.6 is 0 Å². The first-order valence-electron chi connectivity index (χ1n) is 8.31. The molecule has 1 fully saturated rings. The van der Waals surface area contributed by atoms with Crippen LogP contribution in [0.4, 0.5) is 4.39 Å². The molecular weight excluding hydrogens is 377 g/mol. The minimum atomic E-state index is -1.72. The molecule has 0 aliphatic heterocycles. The molecule has 1 atom stereocenters. The first-order valence-corrected chi connectivity index (χ1v) is 9.87. The SMILES string of the molecule is CCOC(=O)c1noc(C2CC2)c1C(=O)c1ccc(F)c(OC)c1[S+](C)[O-]. The molecule has 0 radical (unpaired) electrons. The minimum absolute atomic E-state index is 0.0162. The molecule has 0 bridgehead atoms. The summed E-state index contributed by atoms with van der Waals surface area (Å²) in [6.45, 7) is 1.73. The van der Waals surface area contributed by atoms with E-state index in [0.717, 1.165) is 18.9 Å². The molecule has 0 saturated heterocycles. The highest BCUT2D eigenvalue weighted by Crippen LogP contribution is 2.43. The number of carbonyl (C=O) groups is 2. The summed E-state index contributed by atoms with van der Waals surface area (Å²) in [7, 11) is 1.22. The maximum absolute atomic E-state index is 14.0. The fourth-order valence-electron chi connectivity index (χ4n) is 2.81. The van der Waals surface area contributed by atoms with Gasteiger partial charge in [-0.15, -0.1) is 0 Å². The van der Waals surface area contributed by atoms with E-state index in [2.05, 4.69) is 5.16 Å². The van der Waals surface area contributed by atoms with Gasteiger partial charge in [-0.25, -0.2) is 9.18 Å². The molecule has 144 valence electrons. The van der Waals surface area contributed by atoms with Crippen molar-refractivity contribution < 1.29 is 32.5 Å². The third kappa shape index (κ3) is 3.57. The number of aromatic nitrogens is 1. The number of hydrogen-bond acceptors (Lipinski definition) is 7. The van der Waals surface area contributed by atoms with Crippen molar-refractivity contribution in [2.75, 3.05) is 20.0 Å². The highest BCUT2D eigenvalue weighted by Gasteiger charge is 2.39. The van der Waals surface area contributed by atoms with Crippen LogP contribution in [0.2, 0.25) is 0 Å². The van der Waals surface area contributed by atoms with E-state index in [4.69, 9.17) is 14.0 Å². The van der Waals surface area contributed by atoms with Crippen LogP contribution in [0, 0.1) is 5.82 Å². The first kappa shape index (κ1) is 19.4. The summed E-state index contributed by atoms with van der Waals surface area (Å²) >= 11 is -1.72. The molecule has 1 aliphatic rings. The molecule has 9 heteroatoms. The number of hydrogen-bond donors (Lipinski definition) is 0. The van der Waals surface area contributed by atoms with E-state index in [0.29, 0.717) is 5.76 Å². The number of methoxy groups -OCH3 is 1. The van der Waals surface area contributed by atoms with Crippen molar-refractivity contribution >= 4 is 22.9 Å². The molecule has 1 unspecified atom stereocenters. The molecule has 3 rings (SSSR count). The minimum Gasteiger partial charge on any atom is -0.612 e. The fourth-order valence-corrected chi connectivity index (χ4v) is 3.73. The van der Waals surface area contributed by atoms with E-state index in [1.807, 2.05) is 0 Å². The Hall–Kier alpha value is -2.39. The van der Waals surface area contributed by atoms with Gasteiger partial charge in [-0.1, -0.05) is 5.16 Å². The summed E-state index contributed by atoms with van der Waals surface area (Å²) in [6, 6.07) is 2.27.